The number of nitrogens with two attached hydrogens (primary N) is 1. The molecule has 0 heterocycles. The number of nitrogens with one attached hydrogen (secondary N) is 1. The van der Waals surface area contributed by atoms with Crippen LogP contribution in [0.5, 0.6) is 11.5 Å². The molecule has 0 fully saturated rings. The molecule has 5 nitrogen and oxygen atoms in total. The third kappa shape index (κ3) is 5.18. The monoisotopic (exact) mass is 266 g/mol. The highest BCUT2D eigenvalue weighted by Crippen LogP contribution is 2.26. The van der Waals surface area contributed by atoms with E-state index >= 15 is 0 Å². The van der Waals surface area contributed by atoms with Gasteiger partial charge in [0, 0.05) is 17.6 Å². The lowest BCUT2D eigenvalue weighted by atomic mass is 10.1. The third-order valence-corrected chi connectivity index (χ3v) is 2.55. The summed E-state index contributed by atoms with van der Waals surface area (Å²) >= 11 is 0. The van der Waals surface area contributed by atoms with Crippen LogP contribution in [0.2, 0.25) is 0 Å². The van der Waals surface area contributed by atoms with E-state index in [4.69, 9.17) is 15.2 Å². The van der Waals surface area contributed by atoms with Gasteiger partial charge in [-0.15, -0.1) is 0 Å². The lowest BCUT2D eigenvalue weighted by Crippen LogP contribution is -2.46. The summed E-state index contributed by atoms with van der Waals surface area (Å²) in [6.07, 6.45) is 0. The van der Waals surface area contributed by atoms with Crippen LogP contribution in [-0.2, 0) is 4.79 Å². The van der Waals surface area contributed by atoms with Crippen molar-refractivity contribution in [3.05, 3.63) is 23.8 Å². The van der Waals surface area contributed by atoms with E-state index in [9.17, 15) is 4.79 Å². The second-order valence-corrected chi connectivity index (χ2v) is 5.14. The van der Waals surface area contributed by atoms with Gasteiger partial charge in [0.05, 0.1) is 7.11 Å². The van der Waals surface area contributed by atoms with Crippen LogP contribution in [0, 0.1) is 6.92 Å². The van der Waals surface area contributed by atoms with E-state index in [2.05, 4.69) is 5.32 Å². The van der Waals surface area contributed by atoms with Gasteiger partial charge in [-0.2, -0.15) is 0 Å². The maximum Gasteiger partial charge on any atom is 0.258 e. The molecule has 0 aliphatic heterocycles. The maximum absolute atomic E-state index is 11.6. The van der Waals surface area contributed by atoms with E-state index in [0.29, 0.717) is 12.3 Å². The molecule has 1 rings (SSSR count). The zero-order chi connectivity index (χ0) is 14.5. The number of benzene rings is 1. The Morgan fingerprint density at radius 1 is 1.37 bits per heavy atom. The molecule has 5 heteroatoms. The first-order valence-corrected chi connectivity index (χ1v) is 6.15. The molecule has 0 bridgehead atoms. The molecule has 0 aliphatic carbocycles. The van der Waals surface area contributed by atoms with Gasteiger partial charge in [0.25, 0.3) is 5.91 Å². The number of carbonyl (C=O) groups is 1. The fourth-order valence-electron chi connectivity index (χ4n) is 1.49. The van der Waals surface area contributed by atoms with Crippen molar-refractivity contribution >= 4 is 5.91 Å². The summed E-state index contributed by atoms with van der Waals surface area (Å²) < 4.78 is 10.7. The van der Waals surface area contributed by atoms with Gasteiger partial charge in [-0.3, -0.25) is 4.79 Å². The van der Waals surface area contributed by atoms with Crippen LogP contribution in [0.15, 0.2) is 18.2 Å². The molecule has 1 aromatic carbocycles. The quantitative estimate of drug-likeness (QED) is 0.812. The summed E-state index contributed by atoms with van der Waals surface area (Å²) in [6, 6.07) is 5.47. The molecule has 1 aromatic rings. The summed E-state index contributed by atoms with van der Waals surface area (Å²) in [7, 11) is 1.60. The van der Waals surface area contributed by atoms with Crippen LogP contribution < -0.4 is 20.5 Å². The van der Waals surface area contributed by atoms with Crippen LogP contribution in [0.4, 0.5) is 0 Å². The van der Waals surface area contributed by atoms with Gasteiger partial charge in [-0.05, 0) is 32.9 Å². The van der Waals surface area contributed by atoms with Crippen molar-refractivity contribution in [2.45, 2.75) is 26.3 Å². The zero-order valence-corrected chi connectivity index (χ0v) is 11.9. The molecule has 106 valence electrons. The standard InChI is InChI=1S/C14H22N2O3/c1-10-11(18-4)6-5-7-12(10)19-8-13(17)16-9-14(2,3)15/h5-7H,8-9,15H2,1-4H3,(H,16,17). The van der Waals surface area contributed by atoms with Crippen LogP contribution in [0.1, 0.15) is 19.4 Å². The molecule has 0 spiro atoms. The molecular formula is C14H22N2O3. The fraction of sp³-hybridized carbons (Fsp3) is 0.500. The molecule has 0 aliphatic rings. The molecule has 19 heavy (non-hydrogen) atoms. The summed E-state index contributed by atoms with van der Waals surface area (Å²) in [6.45, 7) is 5.95. The highest BCUT2D eigenvalue weighted by atomic mass is 16.5. The topological polar surface area (TPSA) is 73.6 Å². The molecule has 0 saturated heterocycles. The van der Waals surface area contributed by atoms with Gasteiger partial charge in [-0.25, -0.2) is 0 Å². The minimum absolute atomic E-state index is 0.0376. The van der Waals surface area contributed by atoms with Crippen molar-refractivity contribution in [3.8, 4) is 11.5 Å². The first-order valence-electron chi connectivity index (χ1n) is 6.15. The molecule has 0 radical (unpaired) electrons. The van der Waals surface area contributed by atoms with Gasteiger partial charge in [0.2, 0.25) is 0 Å². The van der Waals surface area contributed by atoms with Crippen LogP contribution >= 0.6 is 0 Å². The van der Waals surface area contributed by atoms with Crippen molar-refractivity contribution < 1.29 is 14.3 Å². The van der Waals surface area contributed by atoms with Crippen molar-refractivity contribution in [3.63, 3.8) is 0 Å². The Bertz CT molecular complexity index is 439. The van der Waals surface area contributed by atoms with E-state index in [1.807, 2.05) is 32.9 Å². The first kappa shape index (κ1) is 15.3. The second-order valence-electron chi connectivity index (χ2n) is 5.14. The van der Waals surface area contributed by atoms with Gasteiger partial charge in [-0.1, -0.05) is 6.07 Å². The first-order chi connectivity index (χ1) is 8.83. The molecule has 3 N–H and O–H groups in total. The second kappa shape index (κ2) is 6.43. The molecule has 0 aromatic heterocycles. The van der Waals surface area contributed by atoms with E-state index < -0.39 is 5.54 Å². The van der Waals surface area contributed by atoms with Crippen LogP contribution in [-0.4, -0.2) is 31.7 Å². The Morgan fingerprint density at radius 2 is 2.00 bits per heavy atom. The Hall–Kier alpha value is -1.75. The Labute approximate surface area is 114 Å². The van der Waals surface area contributed by atoms with Crippen molar-refractivity contribution in [2.75, 3.05) is 20.3 Å². The van der Waals surface area contributed by atoms with E-state index in [-0.39, 0.29) is 12.5 Å². The number of hydrogen-bond donors (Lipinski definition) is 2. The fourth-order valence-corrected chi connectivity index (χ4v) is 1.49. The van der Waals surface area contributed by atoms with Gasteiger partial charge in [0.15, 0.2) is 6.61 Å². The van der Waals surface area contributed by atoms with Crippen molar-refractivity contribution in [2.24, 2.45) is 5.73 Å². The van der Waals surface area contributed by atoms with E-state index in [0.717, 1.165) is 11.3 Å². The summed E-state index contributed by atoms with van der Waals surface area (Å²) in [5.74, 6) is 1.18. The van der Waals surface area contributed by atoms with Crippen molar-refractivity contribution in [1.82, 2.24) is 5.32 Å². The Kier molecular flexibility index (Phi) is 5.18. The van der Waals surface area contributed by atoms with Gasteiger partial charge < -0.3 is 20.5 Å². The Morgan fingerprint density at radius 3 is 2.58 bits per heavy atom. The number of methoxy groups -OCH3 is 1. The lowest BCUT2D eigenvalue weighted by Gasteiger charge is -2.19. The predicted octanol–water partition coefficient (Wildman–Crippen LogP) is 1.24. The summed E-state index contributed by atoms with van der Waals surface area (Å²) in [5, 5.41) is 2.72. The third-order valence-electron chi connectivity index (χ3n) is 2.55. The highest BCUT2D eigenvalue weighted by molar-refractivity contribution is 5.77. The molecule has 0 saturated carbocycles. The minimum Gasteiger partial charge on any atom is -0.496 e. The van der Waals surface area contributed by atoms with Gasteiger partial charge >= 0.3 is 0 Å². The number of hydrogen-bond acceptors (Lipinski definition) is 4. The Balaban J connectivity index is 2.51. The van der Waals surface area contributed by atoms with Gasteiger partial charge in [0.1, 0.15) is 11.5 Å². The average Bonchev–Trinajstić information content (AvgIpc) is 2.34. The minimum atomic E-state index is -0.429. The van der Waals surface area contributed by atoms with Crippen molar-refractivity contribution in [1.29, 1.82) is 0 Å². The molecular weight excluding hydrogens is 244 g/mol. The van der Waals surface area contributed by atoms with E-state index in [1.54, 1.807) is 13.2 Å². The average molecular weight is 266 g/mol. The lowest BCUT2D eigenvalue weighted by molar-refractivity contribution is -0.123. The largest absolute Gasteiger partial charge is 0.496 e. The predicted molar refractivity (Wildman–Crippen MR) is 74.5 cm³/mol. The maximum atomic E-state index is 11.6. The van der Waals surface area contributed by atoms with E-state index in [1.165, 1.54) is 0 Å². The number of rotatable bonds is 6. The molecule has 1 amide bonds. The van der Waals surface area contributed by atoms with Crippen LogP contribution in [0.3, 0.4) is 0 Å². The smallest absolute Gasteiger partial charge is 0.258 e. The summed E-state index contributed by atoms with van der Waals surface area (Å²) in [5.41, 5.74) is 6.22. The van der Waals surface area contributed by atoms with Crippen LogP contribution in [0.25, 0.3) is 0 Å². The number of amides is 1. The highest BCUT2D eigenvalue weighted by Gasteiger charge is 2.13. The zero-order valence-electron chi connectivity index (χ0n) is 11.9. The molecule has 0 unspecified atom stereocenters. The molecule has 0 atom stereocenters. The number of ether oxygens (including phenoxy) is 2. The normalized spacial score (nSPS) is 11.0. The SMILES string of the molecule is COc1cccc(OCC(=O)NCC(C)(C)N)c1C. The number of carbonyl (C=O) groups excluding carboxylic acids is 1. The summed E-state index contributed by atoms with van der Waals surface area (Å²) in [4.78, 5) is 11.6.